The molecule has 0 fully saturated rings. The Morgan fingerprint density at radius 1 is 0.861 bits per heavy atom. The number of rotatable bonds is 5. The van der Waals surface area contributed by atoms with Gasteiger partial charge in [-0.25, -0.2) is 9.69 Å². The Hall–Kier alpha value is -3.20. The molecule has 6 nitrogen and oxygen atoms in total. The molecule has 188 valence electrons. The number of amides is 1. The summed E-state index contributed by atoms with van der Waals surface area (Å²) < 4.78 is 17.1. The number of hydrogen-bond acceptors (Lipinski definition) is 6. The maximum Gasteiger partial charge on any atom is 0.407 e. The van der Waals surface area contributed by atoms with Gasteiger partial charge in [0.15, 0.2) is 0 Å². The van der Waals surface area contributed by atoms with Crippen molar-refractivity contribution >= 4 is 58.2 Å². The molecule has 0 saturated heterocycles. The summed E-state index contributed by atoms with van der Waals surface area (Å²) in [6.07, 6.45) is -0.488. The van der Waals surface area contributed by atoms with Gasteiger partial charge in [-0.3, -0.25) is 0 Å². The van der Waals surface area contributed by atoms with E-state index in [9.17, 15) is 4.79 Å². The molecule has 0 spiro atoms. The van der Waals surface area contributed by atoms with Crippen LogP contribution in [0.15, 0.2) is 72.8 Å². The number of halogens is 1. The SMILES string of the molecule is Cc1ccc(OC(=S)N(C(=S)Oc2ccc(Cl)cc2)c2ccc(CNC(=O)OC(C)(C)C)cc2)cc1. The summed E-state index contributed by atoms with van der Waals surface area (Å²) >= 11 is 17.2. The fourth-order valence-corrected chi connectivity index (χ4v) is 3.69. The van der Waals surface area contributed by atoms with Crippen LogP contribution in [0.2, 0.25) is 5.02 Å². The Morgan fingerprint density at radius 3 is 1.86 bits per heavy atom. The van der Waals surface area contributed by atoms with Crippen molar-refractivity contribution in [3.8, 4) is 11.5 Å². The van der Waals surface area contributed by atoms with Crippen LogP contribution >= 0.6 is 36.0 Å². The summed E-state index contributed by atoms with van der Waals surface area (Å²) in [7, 11) is 0. The van der Waals surface area contributed by atoms with Gasteiger partial charge < -0.3 is 19.5 Å². The lowest BCUT2D eigenvalue weighted by molar-refractivity contribution is 0.0523. The topological polar surface area (TPSA) is 60.0 Å². The minimum Gasteiger partial charge on any atom is -0.444 e. The molecule has 0 bridgehead atoms. The van der Waals surface area contributed by atoms with Crippen molar-refractivity contribution < 1.29 is 19.0 Å². The second-order valence-corrected chi connectivity index (χ2v) is 10.00. The highest BCUT2D eigenvalue weighted by Gasteiger charge is 2.22. The summed E-state index contributed by atoms with van der Waals surface area (Å²) in [5.74, 6) is 1.08. The van der Waals surface area contributed by atoms with Crippen LogP contribution in [0.1, 0.15) is 31.9 Å². The second kappa shape index (κ2) is 12.2. The van der Waals surface area contributed by atoms with Crippen molar-refractivity contribution in [3.63, 3.8) is 0 Å². The number of nitrogens with one attached hydrogen (secondary N) is 1. The zero-order valence-corrected chi connectivity index (χ0v) is 22.8. The van der Waals surface area contributed by atoms with Gasteiger partial charge in [-0.2, -0.15) is 0 Å². The van der Waals surface area contributed by atoms with E-state index in [2.05, 4.69) is 5.32 Å². The van der Waals surface area contributed by atoms with E-state index >= 15 is 0 Å². The highest BCUT2D eigenvalue weighted by atomic mass is 35.5. The number of carbonyl (C=O) groups excluding carboxylic acids is 1. The van der Waals surface area contributed by atoms with E-state index in [-0.39, 0.29) is 10.3 Å². The van der Waals surface area contributed by atoms with Crippen molar-refractivity contribution in [2.24, 2.45) is 0 Å². The summed E-state index contributed by atoms with van der Waals surface area (Å²) in [6.45, 7) is 7.72. The third-order valence-corrected chi connectivity index (χ3v) is 5.42. The second-order valence-electron chi connectivity index (χ2n) is 8.86. The molecule has 0 saturated carbocycles. The molecule has 36 heavy (non-hydrogen) atoms. The van der Waals surface area contributed by atoms with E-state index < -0.39 is 11.7 Å². The number of carbonyl (C=O) groups is 1. The standard InChI is InChI=1S/C27H27ClN2O4S2/c1-18-5-13-22(14-6-18)32-25(35)30(26(36)33-23-15-9-20(28)10-16-23)21-11-7-19(8-12-21)17-29-24(31)34-27(2,3)4/h5-16H,17H2,1-4H3,(H,29,31). The lowest BCUT2D eigenvalue weighted by atomic mass is 10.2. The number of nitrogens with zero attached hydrogens (tertiary/aromatic N) is 1. The quantitative estimate of drug-likeness (QED) is 0.342. The van der Waals surface area contributed by atoms with Gasteiger partial charge in [0.25, 0.3) is 10.3 Å². The molecule has 0 heterocycles. The van der Waals surface area contributed by atoms with E-state index in [1.807, 2.05) is 76.2 Å². The number of anilines is 1. The van der Waals surface area contributed by atoms with E-state index in [1.54, 1.807) is 24.3 Å². The summed E-state index contributed by atoms with van der Waals surface area (Å²) in [5, 5.41) is 3.49. The zero-order chi connectivity index (χ0) is 26.3. The molecule has 0 unspecified atom stereocenters. The largest absolute Gasteiger partial charge is 0.444 e. The van der Waals surface area contributed by atoms with E-state index in [0.717, 1.165) is 11.1 Å². The van der Waals surface area contributed by atoms with Crippen LogP contribution in [0.3, 0.4) is 0 Å². The molecular formula is C27H27ClN2O4S2. The first-order valence-electron chi connectivity index (χ1n) is 11.1. The minimum absolute atomic E-state index is 0.0778. The van der Waals surface area contributed by atoms with Gasteiger partial charge in [0, 0.05) is 11.6 Å². The van der Waals surface area contributed by atoms with E-state index in [4.69, 9.17) is 50.2 Å². The average molecular weight is 543 g/mol. The van der Waals surface area contributed by atoms with Crippen molar-refractivity contribution in [2.45, 2.75) is 39.8 Å². The molecule has 0 radical (unpaired) electrons. The van der Waals surface area contributed by atoms with Gasteiger partial charge >= 0.3 is 6.09 Å². The first-order chi connectivity index (χ1) is 17.0. The monoisotopic (exact) mass is 542 g/mol. The molecule has 3 aromatic rings. The van der Waals surface area contributed by atoms with Crippen LogP contribution < -0.4 is 19.7 Å². The Bertz CT molecular complexity index is 1150. The van der Waals surface area contributed by atoms with Gasteiger partial charge in [0.2, 0.25) is 0 Å². The summed E-state index contributed by atoms with van der Waals surface area (Å²) in [5.41, 5.74) is 2.02. The van der Waals surface area contributed by atoms with Crippen LogP contribution in [0.5, 0.6) is 11.5 Å². The third kappa shape index (κ3) is 8.48. The number of benzene rings is 3. The molecule has 3 rings (SSSR count). The molecule has 0 aliphatic heterocycles. The van der Waals surface area contributed by atoms with Crippen LogP contribution in [-0.2, 0) is 11.3 Å². The predicted molar refractivity (Wildman–Crippen MR) is 151 cm³/mol. The van der Waals surface area contributed by atoms with Gasteiger partial charge in [0.05, 0.1) is 5.69 Å². The molecule has 1 amide bonds. The molecule has 3 aromatic carbocycles. The molecule has 0 aromatic heterocycles. The maximum absolute atomic E-state index is 12.0. The van der Waals surface area contributed by atoms with Crippen molar-refractivity contribution in [3.05, 3.63) is 88.9 Å². The Balaban J connectivity index is 1.78. The maximum atomic E-state index is 12.0. The normalized spacial score (nSPS) is 10.8. The first kappa shape index (κ1) is 27.4. The number of aryl methyl sites for hydroxylation is 1. The summed E-state index contributed by atoms with van der Waals surface area (Å²) in [6, 6.07) is 21.7. The fraction of sp³-hybridized carbons (Fsp3) is 0.222. The number of alkyl carbamates (subject to hydrolysis) is 1. The Kier molecular flexibility index (Phi) is 9.25. The number of thiocarbonyl (C=S) groups is 2. The highest BCUT2D eigenvalue weighted by Crippen LogP contribution is 2.23. The summed E-state index contributed by atoms with van der Waals surface area (Å²) in [4.78, 5) is 13.5. The highest BCUT2D eigenvalue weighted by molar-refractivity contribution is 7.82. The first-order valence-corrected chi connectivity index (χ1v) is 12.3. The number of ether oxygens (including phenoxy) is 3. The third-order valence-electron chi connectivity index (χ3n) is 4.64. The molecular weight excluding hydrogens is 516 g/mol. The van der Waals surface area contributed by atoms with Crippen LogP contribution in [0.25, 0.3) is 0 Å². The van der Waals surface area contributed by atoms with Gasteiger partial charge in [-0.05, 0) is 106 Å². The van der Waals surface area contributed by atoms with E-state index in [0.29, 0.717) is 28.8 Å². The lowest BCUT2D eigenvalue weighted by Gasteiger charge is -2.25. The van der Waals surface area contributed by atoms with Crippen LogP contribution in [0, 0.1) is 6.92 Å². The zero-order valence-electron chi connectivity index (χ0n) is 20.4. The van der Waals surface area contributed by atoms with Gasteiger partial charge in [-0.1, -0.05) is 41.4 Å². The van der Waals surface area contributed by atoms with Gasteiger partial charge in [-0.15, -0.1) is 0 Å². The van der Waals surface area contributed by atoms with Crippen LogP contribution in [0.4, 0.5) is 10.5 Å². The van der Waals surface area contributed by atoms with Gasteiger partial charge in [0.1, 0.15) is 17.1 Å². The average Bonchev–Trinajstić information content (AvgIpc) is 2.80. The fourth-order valence-electron chi connectivity index (χ4n) is 2.94. The molecule has 0 aliphatic carbocycles. The Morgan fingerprint density at radius 2 is 1.36 bits per heavy atom. The van der Waals surface area contributed by atoms with Crippen molar-refractivity contribution in [2.75, 3.05) is 4.90 Å². The molecule has 9 heteroatoms. The molecule has 0 aliphatic rings. The van der Waals surface area contributed by atoms with Crippen molar-refractivity contribution in [1.82, 2.24) is 5.32 Å². The van der Waals surface area contributed by atoms with Crippen LogP contribution in [-0.4, -0.2) is 22.0 Å². The Labute approximate surface area is 227 Å². The predicted octanol–water partition coefficient (Wildman–Crippen LogP) is 7.21. The molecule has 0 atom stereocenters. The molecule has 1 N–H and O–H groups in total. The van der Waals surface area contributed by atoms with Crippen molar-refractivity contribution in [1.29, 1.82) is 0 Å². The minimum atomic E-state index is -0.568. The number of hydrogen-bond donors (Lipinski definition) is 1. The smallest absolute Gasteiger partial charge is 0.407 e. The lowest BCUT2D eigenvalue weighted by Crippen LogP contribution is -2.40. The van der Waals surface area contributed by atoms with E-state index in [1.165, 1.54) is 4.90 Å².